The number of ether oxygens (including phenoxy) is 1. The number of nitrogens with one attached hydrogen (secondary N) is 1. The number of alkyl halides is 3. The molecule has 1 aromatic carbocycles. The quantitative estimate of drug-likeness (QED) is 0.695. The van der Waals surface area contributed by atoms with Crippen LogP contribution in [0.2, 0.25) is 0 Å². The van der Waals surface area contributed by atoms with Gasteiger partial charge in [-0.25, -0.2) is 4.98 Å². The van der Waals surface area contributed by atoms with Gasteiger partial charge in [0.2, 0.25) is 5.91 Å². The second-order valence-electron chi connectivity index (χ2n) is 5.24. The summed E-state index contributed by atoms with van der Waals surface area (Å²) in [5.74, 6) is 0.186. The molecule has 0 spiro atoms. The number of benzene rings is 1. The van der Waals surface area contributed by atoms with E-state index in [1.165, 1.54) is 41.9 Å². The van der Waals surface area contributed by atoms with Gasteiger partial charge in [-0.3, -0.25) is 4.79 Å². The second-order valence-corrected chi connectivity index (χ2v) is 6.35. The van der Waals surface area contributed by atoms with E-state index >= 15 is 0 Å². The van der Waals surface area contributed by atoms with Gasteiger partial charge in [0.25, 0.3) is 0 Å². The summed E-state index contributed by atoms with van der Waals surface area (Å²) in [5, 5.41) is 3.34. The molecule has 0 bridgehead atoms. The monoisotopic (exact) mass is 382 g/mol. The third-order valence-corrected chi connectivity index (χ3v) is 4.31. The third-order valence-electron chi connectivity index (χ3n) is 3.26. The zero-order chi connectivity index (χ0) is 18.6. The normalized spacial score (nSPS) is 11.3. The number of hydrogen-bond acceptors (Lipinski definition) is 5. The Bertz CT molecular complexity index is 858. The molecule has 3 rings (SSSR count). The first-order valence-corrected chi connectivity index (χ1v) is 8.31. The van der Waals surface area contributed by atoms with Crippen LogP contribution in [0.5, 0.6) is 5.75 Å². The molecule has 9 heteroatoms. The fraction of sp³-hybridized carbons (Fsp3) is 0.176. The minimum Gasteiger partial charge on any atom is -0.467 e. The molecule has 0 fully saturated rings. The largest absolute Gasteiger partial charge is 0.573 e. The molecule has 0 aliphatic rings. The summed E-state index contributed by atoms with van der Waals surface area (Å²) in [7, 11) is 0. The Morgan fingerprint density at radius 1 is 1.23 bits per heavy atom. The van der Waals surface area contributed by atoms with E-state index in [-0.39, 0.29) is 18.1 Å². The summed E-state index contributed by atoms with van der Waals surface area (Å²) in [6, 6.07) is 8.92. The molecule has 2 heterocycles. The van der Waals surface area contributed by atoms with E-state index in [4.69, 9.17) is 4.42 Å². The number of aromatic nitrogens is 1. The molecule has 0 unspecified atom stereocenters. The molecular weight excluding hydrogens is 369 g/mol. The van der Waals surface area contributed by atoms with Crippen molar-refractivity contribution in [2.75, 3.05) is 0 Å². The van der Waals surface area contributed by atoms with Crippen LogP contribution in [0.4, 0.5) is 13.2 Å². The number of halogens is 3. The summed E-state index contributed by atoms with van der Waals surface area (Å²) < 4.78 is 45.5. The zero-order valence-corrected chi connectivity index (χ0v) is 14.1. The summed E-state index contributed by atoms with van der Waals surface area (Å²) in [4.78, 5) is 16.9. The molecule has 0 radical (unpaired) electrons. The highest BCUT2D eigenvalue weighted by Crippen LogP contribution is 2.29. The standard InChI is InChI=1S/C17H13F3N2O3S/c18-17(19,20)25-12-5-3-11(4-6-12)16-22-10-14(26-16)8-15(23)21-9-13-2-1-7-24-13/h1-7,10H,8-9H2,(H,21,23). The SMILES string of the molecule is O=C(Cc1cnc(-c2ccc(OC(F)(F)F)cc2)s1)NCc1ccco1. The Labute approximate surface area is 150 Å². The third kappa shape index (κ3) is 5.09. The van der Waals surface area contributed by atoms with Gasteiger partial charge in [-0.2, -0.15) is 0 Å². The molecule has 136 valence electrons. The van der Waals surface area contributed by atoms with Crippen LogP contribution in [-0.4, -0.2) is 17.3 Å². The number of carbonyl (C=O) groups is 1. The van der Waals surface area contributed by atoms with Crippen molar-refractivity contribution in [1.29, 1.82) is 0 Å². The average molecular weight is 382 g/mol. The Kier molecular flexibility index (Phi) is 5.27. The Morgan fingerprint density at radius 2 is 2.00 bits per heavy atom. The molecule has 3 aromatic rings. The van der Waals surface area contributed by atoms with Crippen LogP contribution >= 0.6 is 11.3 Å². The van der Waals surface area contributed by atoms with Crippen LogP contribution in [0.15, 0.2) is 53.3 Å². The Morgan fingerprint density at radius 3 is 2.65 bits per heavy atom. The zero-order valence-electron chi connectivity index (χ0n) is 13.2. The highest BCUT2D eigenvalue weighted by atomic mass is 32.1. The molecule has 2 aromatic heterocycles. The summed E-state index contributed by atoms with van der Waals surface area (Å²) in [6.45, 7) is 0.304. The van der Waals surface area contributed by atoms with Gasteiger partial charge in [-0.1, -0.05) is 0 Å². The molecule has 1 N–H and O–H groups in total. The van der Waals surface area contributed by atoms with E-state index in [2.05, 4.69) is 15.0 Å². The van der Waals surface area contributed by atoms with Crippen molar-refractivity contribution in [2.24, 2.45) is 0 Å². The first-order valence-electron chi connectivity index (χ1n) is 7.49. The van der Waals surface area contributed by atoms with Crippen molar-refractivity contribution in [2.45, 2.75) is 19.3 Å². The minimum absolute atomic E-state index is 0.160. The van der Waals surface area contributed by atoms with E-state index < -0.39 is 6.36 Å². The van der Waals surface area contributed by atoms with Gasteiger partial charge in [0.15, 0.2) is 0 Å². The smallest absolute Gasteiger partial charge is 0.467 e. The van der Waals surface area contributed by atoms with Crippen molar-refractivity contribution in [3.05, 3.63) is 59.5 Å². The van der Waals surface area contributed by atoms with Gasteiger partial charge in [-0.15, -0.1) is 24.5 Å². The fourth-order valence-electron chi connectivity index (χ4n) is 2.14. The van der Waals surface area contributed by atoms with E-state index in [9.17, 15) is 18.0 Å². The number of amides is 1. The highest BCUT2D eigenvalue weighted by Gasteiger charge is 2.31. The topological polar surface area (TPSA) is 64.4 Å². The molecule has 26 heavy (non-hydrogen) atoms. The van der Waals surface area contributed by atoms with Crippen molar-refractivity contribution in [3.8, 4) is 16.3 Å². The molecule has 0 saturated carbocycles. The van der Waals surface area contributed by atoms with Gasteiger partial charge >= 0.3 is 6.36 Å². The molecule has 0 atom stereocenters. The van der Waals surface area contributed by atoms with Crippen LogP contribution in [-0.2, 0) is 17.8 Å². The number of furan rings is 1. The van der Waals surface area contributed by atoms with E-state index in [0.29, 0.717) is 22.9 Å². The maximum absolute atomic E-state index is 12.2. The number of hydrogen-bond donors (Lipinski definition) is 1. The molecular formula is C17H13F3N2O3S. The van der Waals surface area contributed by atoms with Crippen LogP contribution < -0.4 is 10.1 Å². The van der Waals surface area contributed by atoms with Gasteiger partial charge < -0.3 is 14.5 Å². The summed E-state index contributed by atoms with van der Waals surface area (Å²) >= 11 is 1.30. The fourth-order valence-corrected chi connectivity index (χ4v) is 3.06. The lowest BCUT2D eigenvalue weighted by Crippen LogP contribution is -2.23. The van der Waals surface area contributed by atoms with E-state index in [1.807, 2.05) is 0 Å². The van der Waals surface area contributed by atoms with Crippen LogP contribution in [0.1, 0.15) is 10.6 Å². The lowest BCUT2D eigenvalue weighted by molar-refractivity contribution is -0.274. The van der Waals surface area contributed by atoms with Crippen LogP contribution in [0.25, 0.3) is 10.6 Å². The van der Waals surface area contributed by atoms with Gasteiger partial charge in [0.1, 0.15) is 16.5 Å². The highest BCUT2D eigenvalue weighted by molar-refractivity contribution is 7.15. The molecule has 5 nitrogen and oxygen atoms in total. The molecule has 0 aliphatic carbocycles. The lowest BCUT2D eigenvalue weighted by Gasteiger charge is -2.08. The average Bonchev–Trinajstić information content (AvgIpc) is 3.24. The summed E-state index contributed by atoms with van der Waals surface area (Å²) in [5.41, 5.74) is 0.645. The van der Waals surface area contributed by atoms with Crippen LogP contribution in [0.3, 0.4) is 0 Å². The molecule has 1 amide bonds. The molecule has 0 aliphatic heterocycles. The van der Waals surface area contributed by atoms with Crippen molar-refractivity contribution < 1.29 is 27.1 Å². The first-order chi connectivity index (χ1) is 12.4. The Hall–Kier alpha value is -2.81. The molecule has 0 saturated heterocycles. The van der Waals surface area contributed by atoms with E-state index in [1.54, 1.807) is 18.3 Å². The van der Waals surface area contributed by atoms with Gasteiger partial charge in [-0.05, 0) is 36.4 Å². The second kappa shape index (κ2) is 7.61. The number of carbonyl (C=O) groups excluding carboxylic acids is 1. The van der Waals surface area contributed by atoms with Gasteiger partial charge in [0.05, 0.1) is 19.2 Å². The maximum Gasteiger partial charge on any atom is 0.573 e. The van der Waals surface area contributed by atoms with Crippen molar-refractivity contribution in [3.63, 3.8) is 0 Å². The number of nitrogens with zero attached hydrogens (tertiary/aromatic N) is 1. The van der Waals surface area contributed by atoms with E-state index in [0.717, 1.165) is 4.88 Å². The Balaban J connectivity index is 1.57. The number of rotatable bonds is 6. The summed E-state index contributed by atoms with van der Waals surface area (Å²) in [6.07, 6.45) is -1.46. The minimum atomic E-state index is -4.72. The van der Waals surface area contributed by atoms with Crippen molar-refractivity contribution in [1.82, 2.24) is 10.3 Å². The predicted molar refractivity (Wildman–Crippen MR) is 88.5 cm³/mol. The van der Waals surface area contributed by atoms with Crippen molar-refractivity contribution >= 4 is 17.2 Å². The van der Waals surface area contributed by atoms with Gasteiger partial charge in [0, 0.05) is 16.6 Å². The number of thiazole rings is 1. The van der Waals surface area contributed by atoms with Crippen LogP contribution in [0, 0.1) is 0 Å². The first kappa shape index (κ1) is 18.0. The maximum atomic E-state index is 12.2. The predicted octanol–water partition coefficient (Wildman–Crippen LogP) is 4.16. The lowest BCUT2D eigenvalue weighted by atomic mass is 10.2.